The monoisotopic (exact) mass is 327 g/mol. The van der Waals surface area contributed by atoms with Gasteiger partial charge in [0.2, 0.25) is 0 Å². The van der Waals surface area contributed by atoms with Crippen LogP contribution in [0.5, 0.6) is 0 Å². The second-order valence-electron chi connectivity index (χ2n) is 6.75. The quantitative estimate of drug-likeness (QED) is 0.843. The number of aryl methyl sites for hydroxylation is 1. The number of carbonyl (C=O) groups is 1. The molecule has 4 nitrogen and oxygen atoms in total. The van der Waals surface area contributed by atoms with E-state index < -0.39 is 0 Å². The molecular weight excluding hydrogens is 305 g/mol. The Morgan fingerprint density at radius 3 is 2.71 bits per heavy atom. The molecule has 4 rings (SSSR count). The summed E-state index contributed by atoms with van der Waals surface area (Å²) in [5.74, 6) is -0.162. The summed E-state index contributed by atoms with van der Waals surface area (Å²) >= 11 is 0. The summed E-state index contributed by atoms with van der Waals surface area (Å²) in [5, 5.41) is 4.40. The normalized spacial score (nSPS) is 20.7. The number of nitrogens with zero attached hydrogens (tertiary/aromatic N) is 3. The predicted molar refractivity (Wildman–Crippen MR) is 89.2 cm³/mol. The summed E-state index contributed by atoms with van der Waals surface area (Å²) in [6.45, 7) is 1.66. The Kier molecular flexibility index (Phi) is 4.08. The number of aromatic nitrogens is 2. The van der Waals surface area contributed by atoms with Gasteiger partial charge in [-0.2, -0.15) is 5.10 Å². The highest BCUT2D eigenvalue weighted by Gasteiger charge is 2.31. The smallest absolute Gasteiger partial charge is 0.257 e. The average molecular weight is 327 g/mol. The molecular formula is C19H22FN3O. The largest absolute Gasteiger partial charge is 0.332 e. The van der Waals surface area contributed by atoms with Crippen molar-refractivity contribution in [1.82, 2.24) is 14.7 Å². The zero-order valence-corrected chi connectivity index (χ0v) is 13.7. The molecule has 2 aliphatic heterocycles. The summed E-state index contributed by atoms with van der Waals surface area (Å²) in [6, 6.07) is 6.60. The van der Waals surface area contributed by atoms with Gasteiger partial charge in [0.25, 0.3) is 5.91 Å². The Labute approximate surface area is 141 Å². The highest BCUT2D eigenvalue weighted by molar-refractivity contribution is 5.95. The Morgan fingerprint density at radius 2 is 1.88 bits per heavy atom. The van der Waals surface area contributed by atoms with E-state index in [9.17, 15) is 9.18 Å². The molecule has 126 valence electrons. The van der Waals surface area contributed by atoms with E-state index in [0.29, 0.717) is 0 Å². The van der Waals surface area contributed by atoms with Gasteiger partial charge in [0.1, 0.15) is 5.82 Å². The first kappa shape index (κ1) is 15.4. The lowest BCUT2D eigenvalue weighted by Crippen LogP contribution is -2.39. The van der Waals surface area contributed by atoms with E-state index in [4.69, 9.17) is 0 Å². The van der Waals surface area contributed by atoms with Crippen molar-refractivity contribution in [2.24, 2.45) is 0 Å². The molecule has 0 spiro atoms. The van der Waals surface area contributed by atoms with Gasteiger partial charge in [-0.1, -0.05) is 12.1 Å². The fraction of sp³-hybridized carbons (Fsp3) is 0.474. The molecule has 1 fully saturated rings. The summed E-state index contributed by atoms with van der Waals surface area (Å²) in [6.07, 6.45) is 7.96. The zero-order chi connectivity index (χ0) is 16.5. The van der Waals surface area contributed by atoms with Crippen LogP contribution < -0.4 is 0 Å². The molecule has 3 heterocycles. The first-order chi connectivity index (χ1) is 11.7. The third-order valence-corrected chi connectivity index (χ3v) is 5.23. The van der Waals surface area contributed by atoms with Gasteiger partial charge < -0.3 is 4.90 Å². The van der Waals surface area contributed by atoms with E-state index in [2.05, 4.69) is 5.10 Å². The maximum atomic E-state index is 13.2. The predicted octanol–water partition coefficient (Wildman–Crippen LogP) is 3.73. The van der Waals surface area contributed by atoms with E-state index in [1.165, 1.54) is 12.1 Å². The maximum Gasteiger partial charge on any atom is 0.257 e. The van der Waals surface area contributed by atoms with Crippen molar-refractivity contribution in [3.05, 3.63) is 53.1 Å². The van der Waals surface area contributed by atoms with Crippen molar-refractivity contribution in [3.8, 4) is 0 Å². The number of hydrogen-bond donors (Lipinski definition) is 0. The van der Waals surface area contributed by atoms with Crippen LogP contribution in [0.1, 0.15) is 59.8 Å². The average Bonchev–Trinajstić information content (AvgIpc) is 3.06. The van der Waals surface area contributed by atoms with Gasteiger partial charge in [-0.3, -0.25) is 9.48 Å². The van der Waals surface area contributed by atoms with Gasteiger partial charge >= 0.3 is 0 Å². The lowest BCUT2D eigenvalue weighted by molar-refractivity contribution is 0.0610. The Morgan fingerprint density at radius 1 is 1.08 bits per heavy atom. The van der Waals surface area contributed by atoms with Gasteiger partial charge in [-0.25, -0.2) is 4.39 Å². The van der Waals surface area contributed by atoms with Crippen molar-refractivity contribution in [3.63, 3.8) is 0 Å². The molecule has 1 aromatic heterocycles. The van der Waals surface area contributed by atoms with Gasteiger partial charge in [-0.15, -0.1) is 0 Å². The first-order valence-electron chi connectivity index (χ1n) is 8.85. The Hall–Kier alpha value is -2.17. The molecule has 2 aliphatic rings. The minimum atomic E-state index is -0.238. The van der Waals surface area contributed by atoms with Crippen molar-refractivity contribution in [2.75, 3.05) is 6.54 Å². The number of halogens is 1. The number of piperidine rings is 1. The van der Waals surface area contributed by atoms with Gasteiger partial charge in [0.05, 0.1) is 23.5 Å². The molecule has 0 radical (unpaired) electrons. The molecule has 1 aromatic carbocycles. The summed E-state index contributed by atoms with van der Waals surface area (Å²) in [5.41, 5.74) is 2.85. The molecule has 5 heteroatoms. The standard InChI is InChI=1S/C19H22FN3O/c20-15-9-7-14(8-10-15)17-5-1-3-11-22(17)19(24)16-13-21-23-12-4-2-6-18(16)23/h7-10,13,17H,1-6,11-12H2/t17-/m1/s1. The van der Waals surface area contributed by atoms with E-state index in [1.807, 2.05) is 9.58 Å². The van der Waals surface area contributed by atoms with Crippen molar-refractivity contribution >= 4 is 5.91 Å². The molecule has 1 amide bonds. The first-order valence-corrected chi connectivity index (χ1v) is 8.85. The highest BCUT2D eigenvalue weighted by atomic mass is 19.1. The minimum absolute atomic E-state index is 0.0333. The van der Waals surface area contributed by atoms with Crippen LogP contribution in [0.15, 0.2) is 30.5 Å². The minimum Gasteiger partial charge on any atom is -0.332 e. The van der Waals surface area contributed by atoms with Crippen LogP contribution in [-0.2, 0) is 13.0 Å². The number of likely N-dealkylation sites (tertiary alicyclic amines) is 1. The molecule has 0 aliphatic carbocycles. The lowest BCUT2D eigenvalue weighted by atomic mass is 9.94. The second kappa shape index (κ2) is 6.38. The van der Waals surface area contributed by atoms with Gasteiger partial charge in [-0.05, 0) is 56.2 Å². The number of fused-ring (bicyclic) bond motifs is 1. The van der Waals surface area contributed by atoms with Crippen LogP contribution in [0.2, 0.25) is 0 Å². The maximum absolute atomic E-state index is 13.2. The van der Waals surface area contributed by atoms with Crippen LogP contribution in [0.3, 0.4) is 0 Å². The van der Waals surface area contributed by atoms with Gasteiger partial charge in [0, 0.05) is 13.1 Å². The van der Waals surface area contributed by atoms with Crippen LogP contribution in [-0.4, -0.2) is 27.1 Å². The molecule has 2 aromatic rings. The summed E-state index contributed by atoms with van der Waals surface area (Å²) in [4.78, 5) is 15.1. The fourth-order valence-electron chi connectivity index (χ4n) is 3.96. The van der Waals surface area contributed by atoms with Crippen LogP contribution >= 0.6 is 0 Å². The van der Waals surface area contributed by atoms with Gasteiger partial charge in [0.15, 0.2) is 0 Å². The molecule has 0 bridgehead atoms. The van der Waals surface area contributed by atoms with E-state index in [1.54, 1.807) is 18.3 Å². The fourth-order valence-corrected chi connectivity index (χ4v) is 3.96. The zero-order valence-electron chi connectivity index (χ0n) is 13.7. The molecule has 1 saturated heterocycles. The van der Waals surface area contributed by atoms with Crippen molar-refractivity contribution in [2.45, 2.75) is 51.1 Å². The second-order valence-corrected chi connectivity index (χ2v) is 6.75. The van der Waals surface area contributed by atoms with Crippen LogP contribution in [0.4, 0.5) is 4.39 Å². The Bertz CT molecular complexity index is 738. The SMILES string of the molecule is O=C(c1cnn2c1CCCC2)N1CCCC[C@@H]1c1ccc(F)cc1. The number of rotatable bonds is 2. The lowest BCUT2D eigenvalue weighted by Gasteiger charge is -2.36. The Balaban J connectivity index is 1.64. The third-order valence-electron chi connectivity index (χ3n) is 5.23. The van der Waals surface area contributed by atoms with Crippen molar-refractivity contribution < 1.29 is 9.18 Å². The molecule has 0 saturated carbocycles. The molecule has 24 heavy (non-hydrogen) atoms. The summed E-state index contributed by atoms with van der Waals surface area (Å²) < 4.78 is 15.2. The van der Waals surface area contributed by atoms with E-state index >= 15 is 0 Å². The van der Waals surface area contributed by atoms with E-state index in [0.717, 1.165) is 68.4 Å². The highest BCUT2D eigenvalue weighted by Crippen LogP contribution is 2.33. The topological polar surface area (TPSA) is 38.1 Å². The van der Waals surface area contributed by atoms with E-state index in [-0.39, 0.29) is 17.8 Å². The molecule has 0 unspecified atom stereocenters. The van der Waals surface area contributed by atoms with Crippen LogP contribution in [0, 0.1) is 5.82 Å². The van der Waals surface area contributed by atoms with Crippen LogP contribution in [0.25, 0.3) is 0 Å². The van der Waals surface area contributed by atoms with Crippen molar-refractivity contribution in [1.29, 1.82) is 0 Å². The number of hydrogen-bond acceptors (Lipinski definition) is 2. The third kappa shape index (κ3) is 2.72. The molecule has 1 atom stereocenters. The number of benzene rings is 1. The number of amides is 1. The number of carbonyl (C=O) groups excluding carboxylic acids is 1. The summed E-state index contributed by atoms with van der Waals surface area (Å²) in [7, 11) is 0. The molecule has 0 N–H and O–H groups in total.